The van der Waals surface area contributed by atoms with E-state index in [4.69, 9.17) is 18.4 Å². The maximum Gasteiger partial charge on any atom is 0.306 e. The van der Waals surface area contributed by atoms with E-state index >= 15 is 0 Å². The lowest BCUT2D eigenvalue weighted by Crippen LogP contribution is -2.25. The Bertz CT molecular complexity index is 566. The molecule has 2 rings (SSSR count). The van der Waals surface area contributed by atoms with E-state index in [2.05, 4.69) is 0 Å². The maximum atomic E-state index is 11.2. The first-order valence-corrected chi connectivity index (χ1v) is 8.00. The van der Waals surface area contributed by atoms with Crippen molar-refractivity contribution in [3.05, 3.63) is 24.3 Å². The van der Waals surface area contributed by atoms with Crippen LogP contribution in [0.2, 0.25) is 0 Å². The van der Waals surface area contributed by atoms with Gasteiger partial charge in [0.05, 0.1) is 12.9 Å². The van der Waals surface area contributed by atoms with Gasteiger partial charge in [-0.3, -0.25) is 0 Å². The zero-order chi connectivity index (χ0) is 14.8. The third kappa shape index (κ3) is 4.36. The Balaban J connectivity index is 2.00. The van der Waals surface area contributed by atoms with Gasteiger partial charge in [-0.05, 0) is 26.0 Å². The second kappa shape index (κ2) is 5.59. The van der Waals surface area contributed by atoms with E-state index in [9.17, 15) is 8.42 Å². The summed E-state index contributed by atoms with van der Waals surface area (Å²) < 4.78 is 43.8. The van der Waals surface area contributed by atoms with Gasteiger partial charge >= 0.3 is 10.1 Å². The van der Waals surface area contributed by atoms with Crippen molar-refractivity contribution < 1.29 is 26.8 Å². The molecule has 1 aromatic rings. The first-order valence-electron chi connectivity index (χ1n) is 6.18. The van der Waals surface area contributed by atoms with Gasteiger partial charge in [-0.1, -0.05) is 12.1 Å². The largest absolute Gasteiger partial charge is 0.487 e. The van der Waals surface area contributed by atoms with Crippen molar-refractivity contribution in [1.82, 2.24) is 0 Å². The van der Waals surface area contributed by atoms with E-state index in [1.807, 2.05) is 13.8 Å². The van der Waals surface area contributed by atoms with Crippen molar-refractivity contribution >= 4 is 10.1 Å². The molecule has 0 aliphatic carbocycles. The van der Waals surface area contributed by atoms with Gasteiger partial charge in [0.2, 0.25) is 0 Å². The predicted molar refractivity (Wildman–Crippen MR) is 72.3 cm³/mol. The fourth-order valence-corrected chi connectivity index (χ4v) is 2.29. The fraction of sp³-hybridized carbons (Fsp3) is 0.538. The van der Waals surface area contributed by atoms with E-state index in [0.717, 1.165) is 6.26 Å². The van der Waals surface area contributed by atoms with Gasteiger partial charge in [0.1, 0.15) is 12.7 Å². The molecule has 20 heavy (non-hydrogen) atoms. The predicted octanol–water partition coefficient (Wildman–Crippen LogP) is 1.56. The fourth-order valence-electron chi connectivity index (χ4n) is 1.83. The van der Waals surface area contributed by atoms with Crippen molar-refractivity contribution in [2.45, 2.75) is 25.7 Å². The molecule has 112 valence electrons. The summed E-state index contributed by atoms with van der Waals surface area (Å²) >= 11 is 0. The van der Waals surface area contributed by atoms with Crippen LogP contribution in [-0.4, -0.2) is 39.8 Å². The Morgan fingerprint density at radius 3 is 2.50 bits per heavy atom. The Hall–Kier alpha value is -1.31. The van der Waals surface area contributed by atoms with E-state index in [0.29, 0.717) is 12.4 Å². The van der Waals surface area contributed by atoms with Gasteiger partial charge in [0.25, 0.3) is 0 Å². The van der Waals surface area contributed by atoms with Crippen LogP contribution in [0.1, 0.15) is 13.8 Å². The summed E-state index contributed by atoms with van der Waals surface area (Å²) in [4.78, 5) is 0. The van der Waals surface area contributed by atoms with Crippen molar-refractivity contribution in [1.29, 1.82) is 0 Å². The van der Waals surface area contributed by atoms with Crippen LogP contribution in [0.25, 0.3) is 0 Å². The van der Waals surface area contributed by atoms with Crippen LogP contribution in [0.5, 0.6) is 11.5 Å². The number of benzene rings is 1. The molecule has 1 aliphatic rings. The molecule has 0 saturated carbocycles. The van der Waals surface area contributed by atoms with Gasteiger partial charge in [0, 0.05) is 0 Å². The summed E-state index contributed by atoms with van der Waals surface area (Å²) in [6.07, 6.45) is 0.788. The molecule has 1 heterocycles. The average molecular weight is 302 g/mol. The Morgan fingerprint density at radius 2 is 1.95 bits per heavy atom. The molecular formula is C13H18O6S. The first-order chi connectivity index (χ1) is 9.25. The summed E-state index contributed by atoms with van der Waals surface area (Å²) in [5.41, 5.74) is 0. The van der Waals surface area contributed by atoms with Crippen LogP contribution in [-0.2, 0) is 19.6 Å². The molecule has 6 nitrogen and oxygen atoms in total. The molecular weight excluding hydrogens is 284 g/mol. The molecule has 0 unspecified atom stereocenters. The molecule has 0 radical (unpaired) electrons. The molecule has 1 aromatic carbocycles. The number of rotatable bonds is 5. The molecule has 1 atom stereocenters. The second-order valence-corrected chi connectivity index (χ2v) is 6.57. The summed E-state index contributed by atoms with van der Waals surface area (Å²) in [7, 11) is -3.59. The number of para-hydroxylation sites is 2. The quantitative estimate of drug-likeness (QED) is 0.769. The Kier molecular flexibility index (Phi) is 4.22. The van der Waals surface area contributed by atoms with Crippen LogP contribution in [0, 0.1) is 0 Å². The number of hydrogen-bond donors (Lipinski definition) is 0. The van der Waals surface area contributed by atoms with Crippen molar-refractivity contribution in [2.24, 2.45) is 0 Å². The number of hydrogen-bond acceptors (Lipinski definition) is 6. The van der Waals surface area contributed by atoms with E-state index in [-0.39, 0.29) is 18.5 Å². The normalized spacial score (nSPS) is 21.6. The summed E-state index contributed by atoms with van der Waals surface area (Å²) in [6, 6.07) is 6.58. The smallest absolute Gasteiger partial charge is 0.306 e. The minimum absolute atomic E-state index is 0.160. The maximum absolute atomic E-state index is 11.2. The van der Waals surface area contributed by atoms with Crippen LogP contribution in [0.15, 0.2) is 24.3 Å². The highest BCUT2D eigenvalue weighted by Crippen LogP contribution is 2.29. The average Bonchev–Trinajstić information content (AvgIpc) is 2.66. The highest BCUT2D eigenvalue weighted by Gasteiger charge is 2.33. The summed E-state index contributed by atoms with van der Waals surface area (Å²) in [5, 5.41) is 0. The van der Waals surface area contributed by atoms with Crippen molar-refractivity contribution in [3.8, 4) is 11.5 Å². The highest BCUT2D eigenvalue weighted by atomic mass is 32.2. The second-order valence-electron chi connectivity index (χ2n) is 5.00. The van der Waals surface area contributed by atoms with E-state index in [1.165, 1.54) is 6.07 Å². The molecule has 0 bridgehead atoms. The molecule has 0 amide bonds. The topological polar surface area (TPSA) is 71.1 Å². The highest BCUT2D eigenvalue weighted by molar-refractivity contribution is 7.86. The molecule has 0 N–H and O–H groups in total. The van der Waals surface area contributed by atoms with Gasteiger partial charge in [-0.25, -0.2) is 0 Å². The molecule has 1 fully saturated rings. The molecule has 0 aromatic heterocycles. The molecule has 7 heteroatoms. The molecule has 1 aliphatic heterocycles. The van der Waals surface area contributed by atoms with Crippen LogP contribution in [0.4, 0.5) is 0 Å². The van der Waals surface area contributed by atoms with Crippen LogP contribution >= 0.6 is 0 Å². The molecule has 0 spiro atoms. The lowest BCUT2D eigenvalue weighted by molar-refractivity contribution is -0.141. The van der Waals surface area contributed by atoms with Gasteiger partial charge < -0.3 is 18.4 Å². The first kappa shape index (κ1) is 15.1. The van der Waals surface area contributed by atoms with Gasteiger partial charge in [-0.2, -0.15) is 8.42 Å². The van der Waals surface area contributed by atoms with Gasteiger partial charge in [0.15, 0.2) is 17.3 Å². The van der Waals surface area contributed by atoms with E-state index in [1.54, 1.807) is 18.2 Å². The standard InChI is InChI=1S/C13H18O6S/c1-13(2)17-9-10(18-13)8-16-11-6-4-5-7-12(11)19-20(3,14)15/h4-7,10H,8-9H2,1-3H3/t10-/m1/s1. The minimum atomic E-state index is -3.59. The zero-order valence-electron chi connectivity index (χ0n) is 11.7. The van der Waals surface area contributed by atoms with Gasteiger partial charge in [-0.15, -0.1) is 0 Å². The van der Waals surface area contributed by atoms with Crippen LogP contribution < -0.4 is 8.92 Å². The lowest BCUT2D eigenvalue weighted by Gasteiger charge is -2.17. The molecule has 1 saturated heterocycles. The third-order valence-electron chi connectivity index (χ3n) is 2.58. The SMILES string of the molecule is CC1(C)OC[C@@H](COc2ccccc2OS(C)(=O)=O)O1. The van der Waals surface area contributed by atoms with Crippen LogP contribution in [0.3, 0.4) is 0 Å². The minimum Gasteiger partial charge on any atom is -0.487 e. The number of ether oxygens (including phenoxy) is 3. The summed E-state index contributed by atoms with van der Waals surface area (Å²) in [5.74, 6) is -0.101. The van der Waals surface area contributed by atoms with E-state index < -0.39 is 15.9 Å². The third-order valence-corrected chi connectivity index (χ3v) is 3.06. The van der Waals surface area contributed by atoms with Crippen molar-refractivity contribution in [2.75, 3.05) is 19.5 Å². The van der Waals surface area contributed by atoms with Crippen molar-refractivity contribution in [3.63, 3.8) is 0 Å². The Labute approximate surface area is 118 Å². The Morgan fingerprint density at radius 1 is 1.30 bits per heavy atom. The summed E-state index contributed by atoms with van der Waals surface area (Å²) in [6.45, 7) is 4.34. The lowest BCUT2D eigenvalue weighted by atomic mass is 10.3. The monoisotopic (exact) mass is 302 g/mol. The zero-order valence-corrected chi connectivity index (χ0v) is 12.5.